The number of methoxy groups -OCH3 is 3. The number of para-hydroxylation sites is 1. The Morgan fingerprint density at radius 1 is 0.879 bits per heavy atom. The van der Waals surface area contributed by atoms with Crippen LogP contribution >= 0.6 is 0 Å². The molecule has 1 heterocycles. The van der Waals surface area contributed by atoms with Crippen molar-refractivity contribution in [1.29, 1.82) is 0 Å². The summed E-state index contributed by atoms with van der Waals surface area (Å²) in [5.41, 5.74) is 4.92. The van der Waals surface area contributed by atoms with Gasteiger partial charge in [0.15, 0.2) is 11.5 Å². The minimum absolute atomic E-state index is 0.0932. The van der Waals surface area contributed by atoms with Gasteiger partial charge in [0.1, 0.15) is 0 Å². The van der Waals surface area contributed by atoms with Crippen LogP contribution in [0.5, 0.6) is 17.2 Å². The molecule has 0 radical (unpaired) electrons. The van der Waals surface area contributed by atoms with Crippen LogP contribution < -0.4 is 19.3 Å². The van der Waals surface area contributed by atoms with Gasteiger partial charge in [-0.25, -0.2) is 18.5 Å². The Labute approximate surface area is 192 Å². The van der Waals surface area contributed by atoms with Gasteiger partial charge in [0.25, 0.3) is 0 Å². The first kappa shape index (κ1) is 22.5. The Balaban J connectivity index is 1.90. The van der Waals surface area contributed by atoms with Crippen LogP contribution in [0.1, 0.15) is 5.56 Å². The Morgan fingerprint density at radius 2 is 1.58 bits per heavy atom. The van der Waals surface area contributed by atoms with E-state index in [-0.39, 0.29) is 4.90 Å². The van der Waals surface area contributed by atoms with Gasteiger partial charge in [-0.15, -0.1) is 0 Å². The van der Waals surface area contributed by atoms with Crippen molar-refractivity contribution in [3.8, 4) is 39.6 Å². The average Bonchev–Trinajstić information content (AvgIpc) is 2.81. The number of nitrogens with zero attached hydrogens (tertiary/aromatic N) is 2. The van der Waals surface area contributed by atoms with E-state index in [1.54, 1.807) is 46.6 Å². The molecule has 1 aromatic heterocycles. The smallest absolute Gasteiger partial charge is 0.238 e. The molecule has 0 spiro atoms. The quantitative estimate of drug-likeness (QED) is 0.459. The molecule has 8 nitrogen and oxygen atoms in total. The van der Waals surface area contributed by atoms with Crippen molar-refractivity contribution in [2.24, 2.45) is 5.14 Å². The molecule has 4 rings (SSSR count). The summed E-state index contributed by atoms with van der Waals surface area (Å²) in [7, 11) is 0.857. The maximum Gasteiger partial charge on any atom is 0.238 e. The maximum absolute atomic E-state index is 11.8. The van der Waals surface area contributed by atoms with Gasteiger partial charge in [-0.3, -0.25) is 4.98 Å². The van der Waals surface area contributed by atoms with E-state index in [1.165, 1.54) is 6.07 Å². The van der Waals surface area contributed by atoms with E-state index in [0.29, 0.717) is 39.5 Å². The molecule has 9 heteroatoms. The molecular weight excluding hydrogens is 442 g/mol. The van der Waals surface area contributed by atoms with Crippen LogP contribution in [-0.2, 0) is 10.0 Å². The number of ether oxygens (including phenoxy) is 3. The lowest BCUT2D eigenvalue weighted by atomic mass is 10.0. The third kappa shape index (κ3) is 4.20. The van der Waals surface area contributed by atoms with Crippen molar-refractivity contribution in [2.75, 3.05) is 21.3 Å². The number of aromatic nitrogens is 2. The molecule has 0 saturated carbocycles. The molecule has 0 fully saturated rings. The summed E-state index contributed by atoms with van der Waals surface area (Å²) in [5, 5.41) is 5.31. The Kier molecular flexibility index (Phi) is 5.92. The number of primary sulfonamides is 1. The average molecular weight is 466 g/mol. The topological polar surface area (TPSA) is 114 Å². The van der Waals surface area contributed by atoms with Crippen molar-refractivity contribution in [2.45, 2.75) is 11.8 Å². The van der Waals surface area contributed by atoms with Crippen LogP contribution in [0.4, 0.5) is 0 Å². The molecular formula is C24H23N3O5S. The summed E-state index contributed by atoms with van der Waals surface area (Å²) in [4.78, 5) is 9.55. The Morgan fingerprint density at radius 3 is 2.15 bits per heavy atom. The highest BCUT2D eigenvalue weighted by atomic mass is 32.2. The van der Waals surface area contributed by atoms with Crippen molar-refractivity contribution >= 4 is 21.1 Å². The number of fused-ring (bicyclic) bond motifs is 1. The van der Waals surface area contributed by atoms with E-state index in [1.807, 2.05) is 30.3 Å². The van der Waals surface area contributed by atoms with E-state index < -0.39 is 10.0 Å². The SMILES string of the molecule is COc1cc(-c2cnc3cccc(-c4ccc(S(N)(=O)=O)c(C)c4)c3n2)cc(OC)c1OC. The Bertz CT molecular complexity index is 1440. The minimum atomic E-state index is -3.80. The number of hydrogen-bond donors (Lipinski definition) is 1. The molecule has 0 aliphatic carbocycles. The molecule has 0 amide bonds. The summed E-state index contributed by atoms with van der Waals surface area (Å²) in [6.45, 7) is 1.71. The fourth-order valence-corrected chi connectivity index (χ4v) is 4.54. The van der Waals surface area contributed by atoms with Crippen molar-refractivity contribution in [3.05, 3.63) is 60.3 Å². The van der Waals surface area contributed by atoms with Gasteiger partial charge < -0.3 is 14.2 Å². The molecule has 3 aromatic carbocycles. The molecule has 0 bridgehead atoms. The maximum atomic E-state index is 11.8. The van der Waals surface area contributed by atoms with Gasteiger partial charge in [0.2, 0.25) is 15.8 Å². The molecule has 0 aliphatic rings. The molecule has 0 aliphatic heterocycles. The van der Waals surface area contributed by atoms with Crippen molar-refractivity contribution < 1.29 is 22.6 Å². The zero-order chi connectivity index (χ0) is 23.8. The minimum Gasteiger partial charge on any atom is -0.493 e. The lowest BCUT2D eigenvalue weighted by Crippen LogP contribution is -2.13. The number of sulfonamides is 1. The normalized spacial score (nSPS) is 11.4. The van der Waals surface area contributed by atoms with Crippen LogP contribution in [0, 0.1) is 6.92 Å². The van der Waals surface area contributed by atoms with Gasteiger partial charge >= 0.3 is 0 Å². The van der Waals surface area contributed by atoms with Gasteiger partial charge in [-0.05, 0) is 42.3 Å². The Hall–Kier alpha value is -3.69. The van der Waals surface area contributed by atoms with E-state index >= 15 is 0 Å². The lowest BCUT2D eigenvalue weighted by Gasteiger charge is -2.14. The second-order valence-corrected chi connectivity index (χ2v) is 8.90. The van der Waals surface area contributed by atoms with E-state index in [0.717, 1.165) is 16.7 Å². The molecule has 0 unspecified atom stereocenters. The fourth-order valence-electron chi connectivity index (χ4n) is 3.77. The number of hydrogen-bond acceptors (Lipinski definition) is 7. The summed E-state index contributed by atoms with van der Waals surface area (Å²) in [6, 6.07) is 14.3. The van der Waals surface area contributed by atoms with Gasteiger partial charge in [-0.2, -0.15) is 0 Å². The van der Waals surface area contributed by atoms with Crippen molar-refractivity contribution in [3.63, 3.8) is 0 Å². The van der Waals surface area contributed by atoms with Gasteiger partial charge in [-0.1, -0.05) is 24.3 Å². The van der Waals surface area contributed by atoms with Crippen LogP contribution in [0.15, 0.2) is 59.6 Å². The third-order valence-electron chi connectivity index (χ3n) is 5.33. The summed E-state index contributed by atoms with van der Waals surface area (Å²) in [5.74, 6) is 1.51. The van der Waals surface area contributed by atoms with E-state index in [9.17, 15) is 8.42 Å². The zero-order valence-corrected chi connectivity index (χ0v) is 19.4. The molecule has 0 atom stereocenters. The predicted molar refractivity (Wildman–Crippen MR) is 126 cm³/mol. The number of aryl methyl sites for hydroxylation is 1. The monoisotopic (exact) mass is 465 g/mol. The first-order chi connectivity index (χ1) is 15.8. The highest BCUT2D eigenvalue weighted by Crippen LogP contribution is 2.41. The standard InChI is InChI=1S/C24H23N3O5S/c1-14-10-15(8-9-22(14)33(25,28)29)17-6-5-7-18-23(17)27-19(13-26-18)16-11-20(30-2)24(32-4)21(12-16)31-3/h5-13H,1-4H3,(H2,25,28,29). The summed E-state index contributed by atoms with van der Waals surface area (Å²) < 4.78 is 39.9. The highest BCUT2D eigenvalue weighted by molar-refractivity contribution is 7.89. The van der Waals surface area contributed by atoms with Gasteiger partial charge in [0, 0.05) is 11.1 Å². The summed E-state index contributed by atoms with van der Waals surface area (Å²) >= 11 is 0. The zero-order valence-electron chi connectivity index (χ0n) is 18.6. The third-order valence-corrected chi connectivity index (χ3v) is 6.40. The molecule has 170 valence electrons. The number of benzene rings is 3. The molecule has 2 N–H and O–H groups in total. The summed E-state index contributed by atoms with van der Waals surface area (Å²) in [6.07, 6.45) is 1.68. The molecule has 33 heavy (non-hydrogen) atoms. The van der Waals surface area contributed by atoms with Crippen molar-refractivity contribution in [1.82, 2.24) is 9.97 Å². The van der Waals surface area contributed by atoms with Gasteiger partial charge in [0.05, 0.1) is 49.1 Å². The number of nitrogens with two attached hydrogens (primary N) is 1. The van der Waals surface area contributed by atoms with Crippen LogP contribution in [-0.4, -0.2) is 39.7 Å². The first-order valence-electron chi connectivity index (χ1n) is 9.96. The first-order valence-corrected chi connectivity index (χ1v) is 11.5. The second kappa shape index (κ2) is 8.68. The van der Waals surface area contributed by atoms with E-state index in [4.69, 9.17) is 24.3 Å². The number of rotatable bonds is 6. The second-order valence-electron chi connectivity index (χ2n) is 7.37. The highest BCUT2D eigenvalue weighted by Gasteiger charge is 2.17. The van der Waals surface area contributed by atoms with Crippen LogP contribution in [0.3, 0.4) is 0 Å². The fraction of sp³-hybridized carbons (Fsp3) is 0.167. The predicted octanol–water partition coefficient (Wildman–Crippen LogP) is 3.95. The largest absolute Gasteiger partial charge is 0.493 e. The van der Waals surface area contributed by atoms with Crippen LogP contribution in [0.2, 0.25) is 0 Å². The van der Waals surface area contributed by atoms with E-state index in [2.05, 4.69) is 4.98 Å². The molecule has 0 saturated heterocycles. The molecule has 4 aromatic rings. The van der Waals surface area contributed by atoms with Crippen LogP contribution in [0.25, 0.3) is 33.4 Å². The lowest BCUT2D eigenvalue weighted by molar-refractivity contribution is 0.324.